The summed E-state index contributed by atoms with van der Waals surface area (Å²) >= 11 is 0. The highest BCUT2D eigenvalue weighted by Crippen LogP contribution is 2.30. The molecule has 2 aromatic heterocycles. The van der Waals surface area contributed by atoms with Crippen molar-refractivity contribution in [2.75, 3.05) is 6.26 Å². The van der Waals surface area contributed by atoms with Gasteiger partial charge in [-0.25, -0.2) is 12.8 Å². The Morgan fingerprint density at radius 1 is 0.929 bits per heavy atom. The maximum Gasteiger partial charge on any atom is 0.178 e. The zero-order chi connectivity index (χ0) is 19.9. The topological polar surface area (TPSA) is 52.2 Å². The van der Waals surface area contributed by atoms with Crippen LogP contribution in [0.3, 0.4) is 0 Å². The van der Waals surface area contributed by atoms with Crippen LogP contribution >= 0.6 is 0 Å². The third kappa shape index (κ3) is 3.27. The van der Waals surface area contributed by atoms with Crippen LogP contribution in [0.25, 0.3) is 28.3 Å². The van der Waals surface area contributed by atoms with Gasteiger partial charge in [0.1, 0.15) is 16.5 Å². The molecule has 0 amide bonds. The number of halogens is 1. The summed E-state index contributed by atoms with van der Waals surface area (Å²) in [6.07, 6.45) is 2.63. The Morgan fingerprint density at radius 3 is 2.25 bits per heavy atom. The Hall–Kier alpha value is -3.12. The molecule has 0 bridgehead atoms. The van der Waals surface area contributed by atoms with Crippen molar-refractivity contribution in [3.8, 4) is 28.3 Å². The van der Waals surface area contributed by atoms with Gasteiger partial charge in [-0.05, 0) is 67.6 Å². The molecule has 4 aromatic rings. The normalized spacial score (nSPS) is 11.7. The van der Waals surface area contributed by atoms with Crippen LogP contribution in [0.5, 0.6) is 0 Å². The number of rotatable bonds is 4. The molecule has 0 fully saturated rings. The molecule has 142 valence electrons. The molecule has 0 aliphatic heterocycles. The predicted octanol–water partition coefficient (Wildman–Crippen LogP) is 5.26. The second-order valence-corrected chi connectivity index (χ2v) is 8.62. The van der Waals surface area contributed by atoms with Crippen LogP contribution in [0.2, 0.25) is 0 Å². The van der Waals surface area contributed by atoms with Crippen molar-refractivity contribution in [2.24, 2.45) is 0 Å². The molecule has 0 saturated heterocycles. The highest BCUT2D eigenvalue weighted by molar-refractivity contribution is 7.90. The fourth-order valence-electron chi connectivity index (χ4n) is 3.29. The third-order valence-electron chi connectivity index (χ3n) is 4.63. The molecule has 0 unspecified atom stereocenters. The van der Waals surface area contributed by atoms with Crippen molar-refractivity contribution < 1.29 is 17.2 Å². The largest absolute Gasteiger partial charge is 0.464 e. The van der Waals surface area contributed by atoms with E-state index in [-0.39, 0.29) is 4.90 Å². The summed E-state index contributed by atoms with van der Waals surface area (Å²) in [5, 5.41) is 0. The van der Waals surface area contributed by atoms with E-state index in [2.05, 4.69) is 0 Å². The number of aromatic nitrogens is 1. The van der Waals surface area contributed by atoms with E-state index in [0.29, 0.717) is 5.56 Å². The summed E-state index contributed by atoms with van der Waals surface area (Å²) < 4.78 is 45.1. The van der Waals surface area contributed by atoms with Gasteiger partial charge in [-0.3, -0.25) is 0 Å². The lowest BCUT2D eigenvalue weighted by Gasteiger charge is -2.13. The number of furan rings is 1. The summed E-state index contributed by atoms with van der Waals surface area (Å²) in [6, 6.07) is 19.6. The SMILES string of the molecule is Cc1ccc(-c2ccc(S(C)(=O)=O)c(F)c2)n1-c1ccc(-c2ccco2)cc1. The number of sulfone groups is 1. The summed E-state index contributed by atoms with van der Waals surface area (Å²) in [6.45, 7) is 1.96. The number of hydrogen-bond acceptors (Lipinski definition) is 3. The maximum absolute atomic E-state index is 14.4. The fourth-order valence-corrected chi connectivity index (χ4v) is 4.01. The van der Waals surface area contributed by atoms with E-state index in [1.54, 1.807) is 12.3 Å². The standard InChI is InChI=1S/C22H18FNO3S/c1-15-5-11-20(17-8-12-22(19(23)14-17)28(2,25)26)24(15)18-9-6-16(7-10-18)21-4-3-13-27-21/h3-14H,1-2H3. The van der Waals surface area contributed by atoms with Gasteiger partial charge in [0.15, 0.2) is 9.84 Å². The van der Waals surface area contributed by atoms with Crippen molar-refractivity contribution in [3.05, 3.63) is 84.5 Å². The van der Waals surface area contributed by atoms with Crippen LogP contribution in [0.1, 0.15) is 5.69 Å². The van der Waals surface area contributed by atoms with Crippen LogP contribution in [-0.4, -0.2) is 19.2 Å². The molecule has 4 rings (SSSR count). The third-order valence-corrected chi connectivity index (χ3v) is 5.76. The molecule has 0 radical (unpaired) electrons. The van der Waals surface area contributed by atoms with E-state index in [1.807, 2.05) is 60.0 Å². The number of benzene rings is 2. The molecule has 0 atom stereocenters. The van der Waals surface area contributed by atoms with Crippen molar-refractivity contribution in [1.29, 1.82) is 0 Å². The average Bonchev–Trinajstić information content (AvgIpc) is 3.30. The van der Waals surface area contributed by atoms with E-state index in [9.17, 15) is 12.8 Å². The first kappa shape index (κ1) is 18.3. The lowest BCUT2D eigenvalue weighted by Crippen LogP contribution is -2.02. The highest BCUT2D eigenvalue weighted by Gasteiger charge is 2.16. The van der Waals surface area contributed by atoms with Gasteiger partial charge >= 0.3 is 0 Å². The Labute approximate surface area is 162 Å². The van der Waals surface area contributed by atoms with Gasteiger partial charge in [0.2, 0.25) is 0 Å². The lowest BCUT2D eigenvalue weighted by atomic mass is 10.1. The van der Waals surface area contributed by atoms with Crippen LogP contribution in [0, 0.1) is 12.7 Å². The summed E-state index contributed by atoms with van der Waals surface area (Å²) in [5.74, 6) is 0.0352. The van der Waals surface area contributed by atoms with Crippen molar-refractivity contribution in [3.63, 3.8) is 0 Å². The predicted molar refractivity (Wildman–Crippen MR) is 107 cm³/mol. The van der Waals surface area contributed by atoms with Gasteiger partial charge in [0.25, 0.3) is 0 Å². The average molecular weight is 395 g/mol. The molecule has 28 heavy (non-hydrogen) atoms. The van der Waals surface area contributed by atoms with Crippen molar-refractivity contribution in [2.45, 2.75) is 11.8 Å². The van der Waals surface area contributed by atoms with Gasteiger partial charge in [0, 0.05) is 28.8 Å². The summed E-state index contributed by atoms with van der Waals surface area (Å²) in [4.78, 5) is -0.297. The molecular weight excluding hydrogens is 377 g/mol. The first-order valence-corrected chi connectivity index (χ1v) is 10.6. The second-order valence-electron chi connectivity index (χ2n) is 6.64. The van der Waals surface area contributed by atoms with E-state index in [1.165, 1.54) is 12.1 Å². The maximum atomic E-state index is 14.4. The number of aryl methyl sites for hydroxylation is 1. The van der Waals surface area contributed by atoms with Crippen LogP contribution in [0.15, 0.2) is 82.3 Å². The number of hydrogen-bond donors (Lipinski definition) is 0. The van der Waals surface area contributed by atoms with E-state index >= 15 is 0 Å². The molecule has 0 aliphatic carbocycles. The van der Waals surface area contributed by atoms with Crippen molar-refractivity contribution >= 4 is 9.84 Å². The summed E-state index contributed by atoms with van der Waals surface area (Å²) in [5.41, 5.74) is 4.24. The molecule has 0 aliphatic rings. The van der Waals surface area contributed by atoms with E-state index < -0.39 is 15.7 Å². The smallest absolute Gasteiger partial charge is 0.178 e. The van der Waals surface area contributed by atoms with E-state index in [4.69, 9.17) is 4.42 Å². The first-order chi connectivity index (χ1) is 13.3. The van der Waals surface area contributed by atoms with E-state index in [0.717, 1.165) is 34.7 Å². The van der Waals surface area contributed by atoms with Gasteiger partial charge in [-0.15, -0.1) is 0 Å². The molecule has 2 aromatic carbocycles. The zero-order valence-corrected chi connectivity index (χ0v) is 16.2. The molecule has 0 saturated carbocycles. The van der Waals surface area contributed by atoms with Gasteiger partial charge < -0.3 is 8.98 Å². The minimum absolute atomic E-state index is 0.297. The Kier molecular flexibility index (Phi) is 4.43. The molecule has 4 nitrogen and oxygen atoms in total. The Morgan fingerprint density at radius 2 is 1.64 bits per heavy atom. The fraction of sp³-hybridized carbons (Fsp3) is 0.0909. The van der Waals surface area contributed by atoms with Gasteiger partial charge in [0.05, 0.1) is 12.0 Å². The van der Waals surface area contributed by atoms with Gasteiger partial charge in [-0.2, -0.15) is 0 Å². The molecule has 6 heteroatoms. The lowest BCUT2D eigenvalue weighted by molar-refractivity contribution is 0.571. The Balaban J connectivity index is 1.77. The van der Waals surface area contributed by atoms with Crippen LogP contribution in [-0.2, 0) is 9.84 Å². The van der Waals surface area contributed by atoms with Crippen LogP contribution in [0.4, 0.5) is 4.39 Å². The zero-order valence-electron chi connectivity index (χ0n) is 15.4. The first-order valence-electron chi connectivity index (χ1n) is 8.67. The monoisotopic (exact) mass is 395 g/mol. The molecule has 0 spiro atoms. The second kappa shape index (κ2) is 6.80. The quantitative estimate of drug-likeness (QED) is 0.474. The minimum Gasteiger partial charge on any atom is -0.464 e. The molecule has 0 N–H and O–H groups in total. The number of nitrogens with zero attached hydrogens (tertiary/aromatic N) is 1. The minimum atomic E-state index is -3.61. The summed E-state index contributed by atoms with van der Waals surface area (Å²) in [7, 11) is -3.61. The molecular formula is C22H18FNO3S. The Bertz CT molecular complexity index is 1240. The van der Waals surface area contributed by atoms with Gasteiger partial charge in [-0.1, -0.05) is 6.07 Å². The van der Waals surface area contributed by atoms with Crippen molar-refractivity contribution in [1.82, 2.24) is 4.57 Å². The van der Waals surface area contributed by atoms with Crippen LogP contribution < -0.4 is 0 Å². The highest BCUT2D eigenvalue weighted by atomic mass is 32.2. The molecule has 2 heterocycles.